The number of carbonyl (C=O) groups is 1. The minimum Gasteiger partial charge on any atom is -1.00 e. The molecule has 0 radical (unpaired) electrons. The highest BCUT2D eigenvalue weighted by molar-refractivity contribution is 5.69. The Morgan fingerprint density at radius 1 is 1.31 bits per heavy atom. The number of nitrogens with zero attached hydrogens (tertiary/aromatic N) is 1. The normalized spacial score (nSPS) is 8.31. The summed E-state index contributed by atoms with van der Waals surface area (Å²) in [5, 5.41) is 8.39. The summed E-state index contributed by atoms with van der Waals surface area (Å²) in [7, 11) is 6.16. The number of likely N-dealkylation sites (N-methyl/N-ethyl adjacent to an activating group) is 1. The number of primary amides is 2. The second kappa shape index (κ2) is 11.5. The zero-order chi connectivity index (χ0) is 9.49. The van der Waals surface area contributed by atoms with Gasteiger partial charge in [0.05, 0.1) is 27.7 Å². The Bertz CT molecular complexity index is 111. The highest BCUT2D eigenvalue weighted by atomic mass is 35.5. The standard InChI is InChI=1S/C5H14NO.CH4N2O.CH4.ClH/c1-6(2,3)4-5-7;2-1(3)4;;/h7H,4-5H2,1-3H3;(H4,2,3,4);1H4;1H/q+1;;;/p-1. The molecule has 0 aromatic rings. The summed E-state index contributed by atoms with van der Waals surface area (Å²) in [5.41, 5.74) is 8.50. The van der Waals surface area contributed by atoms with Gasteiger partial charge in [-0.25, -0.2) is 4.79 Å². The van der Waals surface area contributed by atoms with E-state index in [9.17, 15) is 0 Å². The first-order valence-corrected chi connectivity index (χ1v) is 3.26. The van der Waals surface area contributed by atoms with E-state index in [0.717, 1.165) is 11.0 Å². The van der Waals surface area contributed by atoms with Gasteiger partial charge in [0.15, 0.2) is 0 Å². The number of urea groups is 1. The molecule has 0 aliphatic heterocycles. The summed E-state index contributed by atoms with van der Waals surface area (Å²) < 4.78 is 0.844. The maximum Gasteiger partial charge on any atom is 0.309 e. The van der Waals surface area contributed by atoms with Gasteiger partial charge in [0.1, 0.15) is 6.54 Å². The van der Waals surface area contributed by atoms with E-state index in [1.165, 1.54) is 0 Å². The van der Waals surface area contributed by atoms with Gasteiger partial charge in [-0.1, -0.05) is 7.43 Å². The quantitative estimate of drug-likeness (QED) is 0.415. The molecule has 0 unspecified atom stereocenters. The van der Waals surface area contributed by atoms with Gasteiger partial charge >= 0.3 is 6.03 Å². The molecule has 0 rings (SSSR count). The fourth-order valence-electron chi connectivity index (χ4n) is 0.300. The van der Waals surface area contributed by atoms with Crippen molar-refractivity contribution in [3.8, 4) is 0 Å². The predicted molar refractivity (Wildman–Crippen MR) is 50.5 cm³/mol. The zero-order valence-electron chi connectivity index (χ0n) is 7.75. The summed E-state index contributed by atoms with van der Waals surface area (Å²) >= 11 is 0. The Kier molecular flexibility index (Phi) is 20.2. The van der Waals surface area contributed by atoms with Gasteiger partial charge in [0.2, 0.25) is 0 Å². The van der Waals surface area contributed by atoms with Crippen LogP contribution in [0.25, 0.3) is 0 Å². The minimum absolute atomic E-state index is 0. The van der Waals surface area contributed by atoms with Crippen LogP contribution in [0.3, 0.4) is 0 Å². The number of hydrogen-bond acceptors (Lipinski definition) is 2. The summed E-state index contributed by atoms with van der Waals surface area (Å²) in [6.07, 6.45) is 0. The van der Waals surface area contributed by atoms with Gasteiger partial charge in [0, 0.05) is 0 Å². The lowest BCUT2D eigenvalue weighted by molar-refractivity contribution is -0.870. The Morgan fingerprint density at radius 2 is 1.54 bits per heavy atom. The first kappa shape index (κ1) is 22.9. The molecule has 0 saturated heterocycles. The van der Waals surface area contributed by atoms with E-state index < -0.39 is 6.03 Å². The lowest BCUT2D eigenvalue weighted by Crippen LogP contribution is -3.00. The highest BCUT2D eigenvalue weighted by Crippen LogP contribution is 1.84. The van der Waals surface area contributed by atoms with Crippen molar-refractivity contribution in [2.75, 3.05) is 34.3 Å². The van der Waals surface area contributed by atoms with E-state index in [1.54, 1.807) is 0 Å². The van der Waals surface area contributed by atoms with Gasteiger partial charge in [-0.15, -0.1) is 0 Å². The van der Waals surface area contributed by atoms with Crippen LogP contribution in [0, 0.1) is 0 Å². The van der Waals surface area contributed by atoms with Gasteiger partial charge in [0.25, 0.3) is 0 Å². The van der Waals surface area contributed by atoms with Crippen molar-refractivity contribution >= 4 is 6.03 Å². The zero-order valence-corrected chi connectivity index (χ0v) is 8.51. The fraction of sp³-hybridized carbons (Fsp3) is 0.857. The maximum absolute atomic E-state index is 9.00. The van der Waals surface area contributed by atoms with Crippen LogP contribution < -0.4 is 23.9 Å². The van der Waals surface area contributed by atoms with Crippen molar-refractivity contribution in [1.29, 1.82) is 0 Å². The number of aliphatic hydroxyl groups excluding tert-OH is 1. The van der Waals surface area contributed by atoms with Crippen LogP contribution in [0.15, 0.2) is 0 Å². The molecular formula is C7H22ClN3O2. The molecule has 13 heavy (non-hydrogen) atoms. The molecule has 0 aliphatic rings. The summed E-state index contributed by atoms with van der Waals surface area (Å²) in [6.45, 7) is 1.11. The third-order valence-corrected chi connectivity index (χ3v) is 0.771. The molecule has 0 aliphatic carbocycles. The lowest BCUT2D eigenvalue weighted by atomic mass is 10.5. The molecule has 0 aromatic carbocycles. The smallest absolute Gasteiger partial charge is 0.309 e. The molecule has 5 nitrogen and oxygen atoms in total. The summed E-state index contributed by atoms with van der Waals surface area (Å²) in [6, 6.07) is -0.833. The molecule has 0 aromatic heterocycles. The van der Waals surface area contributed by atoms with Gasteiger partial charge < -0.3 is 33.5 Å². The first-order valence-electron chi connectivity index (χ1n) is 3.26. The van der Waals surface area contributed by atoms with Crippen molar-refractivity contribution in [3.05, 3.63) is 0 Å². The molecule has 6 heteroatoms. The van der Waals surface area contributed by atoms with Crippen LogP contribution in [0.2, 0.25) is 0 Å². The van der Waals surface area contributed by atoms with Crippen LogP contribution in [-0.4, -0.2) is 49.9 Å². The van der Waals surface area contributed by atoms with Crippen molar-refractivity contribution in [1.82, 2.24) is 0 Å². The minimum atomic E-state index is -0.833. The monoisotopic (exact) mass is 215 g/mol. The molecule has 0 atom stereocenters. The number of halogens is 1. The molecule has 0 heterocycles. The average molecular weight is 216 g/mol. The SMILES string of the molecule is C.C[N+](C)(C)CCO.NC(N)=O.[Cl-]. The third kappa shape index (κ3) is 85.2. The number of hydrogen-bond donors (Lipinski definition) is 3. The maximum atomic E-state index is 9.00. The second-order valence-electron chi connectivity index (χ2n) is 3.14. The van der Waals surface area contributed by atoms with Gasteiger partial charge in [-0.05, 0) is 0 Å². The van der Waals surface area contributed by atoms with Crippen molar-refractivity contribution in [2.45, 2.75) is 7.43 Å². The van der Waals surface area contributed by atoms with Crippen LogP contribution in [0.5, 0.6) is 0 Å². The van der Waals surface area contributed by atoms with Crippen LogP contribution >= 0.6 is 0 Å². The molecule has 0 spiro atoms. The number of aliphatic hydroxyl groups is 1. The molecule has 0 fully saturated rings. The molecule has 2 amide bonds. The van der Waals surface area contributed by atoms with E-state index in [4.69, 9.17) is 9.90 Å². The fourth-order valence-corrected chi connectivity index (χ4v) is 0.300. The summed E-state index contributed by atoms with van der Waals surface area (Å²) in [4.78, 5) is 9.00. The molecular weight excluding hydrogens is 194 g/mol. The van der Waals surface area contributed by atoms with Crippen molar-refractivity contribution in [2.24, 2.45) is 11.5 Å². The largest absolute Gasteiger partial charge is 1.00 e. The predicted octanol–water partition coefficient (Wildman–Crippen LogP) is -3.65. The Labute approximate surface area is 86.7 Å². The van der Waals surface area contributed by atoms with E-state index in [1.807, 2.05) is 0 Å². The molecule has 0 saturated carbocycles. The second-order valence-corrected chi connectivity index (χ2v) is 3.14. The average Bonchev–Trinajstić information content (AvgIpc) is 1.58. The van der Waals surface area contributed by atoms with Crippen LogP contribution in [-0.2, 0) is 0 Å². The molecule has 84 valence electrons. The Balaban J connectivity index is -0.0000000600. The van der Waals surface area contributed by atoms with Gasteiger partial charge in [-0.2, -0.15) is 0 Å². The topological polar surface area (TPSA) is 89.3 Å². The third-order valence-electron chi connectivity index (χ3n) is 0.771. The number of rotatable bonds is 2. The van der Waals surface area contributed by atoms with E-state index in [2.05, 4.69) is 32.6 Å². The first-order chi connectivity index (χ1) is 4.79. The number of amides is 2. The molecule has 5 N–H and O–H groups in total. The van der Waals surface area contributed by atoms with Crippen LogP contribution in [0.1, 0.15) is 7.43 Å². The van der Waals surface area contributed by atoms with Crippen LogP contribution in [0.4, 0.5) is 4.79 Å². The summed E-state index contributed by atoms with van der Waals surface area (Å²) in [5.74, 6) is 0. The van der Waals surface area contributed by atoms with Gasteiger partial charge in [-0.3, -0.25) is 0 Å². The van der Waals surface area contributed by atoms with Crippen molar-refractivity contribution < 1.29 is 26.8 Å². The number of quaternary nitrogens is 1. The lowest BCUT2D eigenvalue weighted by Gasteiger charge is -2.21. The number of carbonyl (C=O) groups excluding carboxylic acids is 1. The Hall–Kier alpha value is -0.520. The van der Waals surface area contributed by atoms with E-state index in [0.29, 0.717) is 0 Å². The number of nitrogens with two attached hydrogens (primary N) is 2. The highest BCUT2D eigenvalue weighted by Gasteiger charge is 2.02. The van der Waals surface area contributed by atoms with E-state index in [-0.39, 0.29) is 26.4 Å². The van der Waals surface area contributed by atoms with Crippen molar-refractivity contribution in [3.63, 3.8) is 0 Å². The Morgan fingerprint density at radius 3 is 1.54 bits per heavy atom. The molecule has 0 bridgehead atoms. The van der Waals surface area contributed by atoms with E-state index >= 15 is 0 Å².